The molecule has 250 valence electrons. The Hall–Kier alpha value is -1.03. The Balaban J connectivity index is 1.19. The maximum Gasteiger partial charge on any atom is 0.334 e. The largest absolute Gasteiger partial charge is 0.455 e. The Kier molecular flexibility index (Phi) is 17.1. The minimum atomic E-state index is -0.637. The van der Waals surface area contributed by atoms with Crippen LogP contribution in [0.3, 0.4) is 0 Å². The van der Waals surface area contributed by atoms with Crippen molar-refractivity contribution >= 4 is 5.97 Å². The summed E-state index contributed by atoms with van der Waals surface area (Å²) < 4.78 is 17.3. The number of carbonyl (C=O) groups excluding carboxylic acids is 1. The quantitative estimate of drug-likeness (QED) is 0.0814. The zero-order valence-corrected chi connectivity index (χ0v) is 27.0. The Morgan fingerprint density at radius 3 is 1.86 bits per heavy atom. The van der Waals surface area contributed by atoms with Crippen LogP contribution in [0.25, 0.3) is 0 Å². The molecule has 2 saturated heterocycles. The first-order valence-electron chi connectivity index (χ1n) is 17.7. The highest BCUT2D eigenvalue weighted by Gasteiger charge is 2.36. The molecule has 3 aliphatic rings. The summed E-state index contributed by atoms with van der Waals surface area (Å²) in [6.07, 6.45) is 18.7. The molecule has 0 radical (unpaired) electrons. The molecule has 2 fully saturated rings. The summed E-state index contributed by atoms with van der Waals surface area (Å²) in [5, 5.41) is 42.3. The molecule has 8 nitrogen and oxygen atoms in total. The van der Waals surface area contributed by atoms with Gasteiger partial charge in [0, 0.05) is 12.0 Å². The molecule has 0 aromatic carbocycles. The van der Waals surface area contributed by atoms with E-state index in [-0.39, 0.29) is 36.5 Å². The van der Waals surface area contributed by atoms with Gasteiger partial charge in [-0.05, 0) is 70.8 Å². The number of rotatable bonds is 23. The third-order valence-corrected chi connectivity index (χ3v) is 9.63. The maximum atomic E-state index is 11.7. The summed E-state index contributed by atoms with van der Waals surface area (Å²) in [5.41, 5.74) is 0.583. The molecule has 0 aliphatic carbocycles. The molecule has 0 spiro atoms. The standard InChI is InChI=1S/C35H62O8/c1-3-4-5-6-7-8-9-13-16-29(37)33-21-22-34(43-33)31(39)19-18-30(38)32-20-17-28(42-32)15-12-10-11-14-27(36)24-26-23-25(2)41-35(26)40/h23,25,27-34,36-39H,3-22,24H2,1-2H3/t25-,27-,28+,29-,30-,31-,32+,33-,34+/m1/s1. The van der Waals surface area contributed by atoms with Crippen molar-refractivity contribution in [3.63, 3.8) is 0 Å². The predicted molar refractivity (Wildman–Crippen MR) is 168 cm³/mol. The number of esters is 1. The smallest absolute Gasteiger partial charge is 0.334 e. The lowest BCUT2D eigenvalue weighted by Crippen LogP contribution is -2.33. The summed E-state index contributed by atoms with van der Waals surface area (Å²) in [7, 11) is 0. The van der Waals surface area contributed by atoms with E-state index in [0.717, 1.165) is 70.6 Å². The zero-order chi connectivity index (χ0) is 31.0. The number of ether oxygens (including phenoxy) is 3. The fourth-order valence-electron chi connectivity index (χ4n) is 6.94. The number of carbonyl (C=O) groups is 1. The first-order valence-corrected chi connectivity index (χ1v) is 17.7. The fourth-order valence-corrected chi connectivity index (χ4v) is 6.94. The minimum absolute atomic E-state index is 0.149. The number of hydrogen-bond acceptors (Lipinski definition) is 8. The van der Waals surface area contributed by atoms with Crippen molar-refractivity contribution in [2.45, 2.75) is 204 Å². The number of aliphatic hydroxyl groups excluding tert-OH is 4. The molecule has 0 amide bonds. The summed E-state index contributed by atoms with van der Waals surface area (Å²) in [6, 6.07) is 0. The van der Waals surface area contributed by atoms with Crippen LogP contribution < -0.4 is 0 Å². The lowest BCUT2D eigenvalue weighted by molar-refractivity contribution is -0.139. The molecule has 0 aromatic heterocycles. The molecule has 4 N–H and O–H groups in total. The molecule has 3 heterocycles. The van der Waals surface area contributed by atoms with E-state index >= 15 is 0 Å². The molecular formula is C35H62O8. The highest BCUT2D eigenvalue weighted by Crippen LogP contribution is 2.31. The summed E-state index contributed by atoms with van der Waals surface area (Å²) in [5.74, 6) is -0.309. The van der Waals surface area contributed by atoms with E-state index in [9.17, 15) is 25.2 Å². The maximum absolute atomic E-state index is 11.7. The van der Waals surface area contributed by atoms with Crippen LogP contribution >= 0.6 is 0 Å². The first kappa shape index (κ1) is 36.4. The molecule has 9 atom stereocenters. The van der Waals surface area contributed by atoms with E-state index in [1.807, 2.05) is 6.92 Å². The van der Waals surface area contributed by atoms with Crippen LogP contribution in [0.2, 0.25) is 0 Å². The monoisotopic (exact) mass is 610 g/mol. The average Bonchev–Trinajstić information content (AvgIpc) is 3.73. The van der Waals surface area contributed by atoms with Gasteiger partial charge in [-0.2, -0.15) is 0 Å². The fraction of sp³-hybridized carbons (Fsp3) is 0.914. The van der Waals surface area contributed by atoms with Crippen molar-refractivity contribution in [1.82, 2.24) is 0 Å². The highest BCUT2D eigenvalue weighted by molar-refractivity contribution is 5.90. The molecule has 0 unspecified atom stereocenters. The topological polar surface area (TPSA) is 126 Å². The van der Waals surface area contributed by atoms with Gasteiger partial charge in [0.2, 0.25) is 0 Å². The zero-order valence-electron chi connectivity index (χ0n) is 27.0. The van der Waals surface area contributed by atoms with Gasteiger partial charge >= 0.3 is 5.97 Å². The van der Waals surface area contributed by atoms with Gasteiger partial charge in [0.05, 0.1) is 48.8 Å². The van der Waals surface area contributed by atoms with Crippen molar-refractivity contribution in [3.8, 4) is 0 Å². The number of unbranched alkanes of at least 4 members (excludes halogenated alkanes) is 9. The van der Waals surface area contributed by atoms with E-state index in [1.165, 1.54) is 38.5 Å². The van der Waals surface area contributed by atoms with Gasteiger partial charge in [0.25, 0.3) is 0 Å². The van der Waals surface area contributed by atoms with Crippen LogP contribution in [-0.4, -0.2) is 81.3 Å². The second-order valence-corrected chi connectivity index (χ2v) is 13.5. The van der Waals surface area contributed by atoms with Gasteiger partial charge in [-0.3, -0.25) is 0 Å². The predicted octanol–water partition coefficient (Wildman–Crippen LogP) is 6.05. The molecule has 0 saturated carbocycles. The molecule has 8 heteroatoms. The van der Waals surface area contributed by atoms with Crippen LogP contribution in [-0.2, 0) is 19.0 Å². The second-order valence-electron chi connectivity index (χ2n) is 13.5. The first-order chi connectivity index (χ1) is 20.8. The van der Waals surface area contributed by atoms with Gasteiger partial charge < -0.3 is 34.6 Å². The van der Waals surface area contributed by atoms with E-state index in [2.05, 4.69) is 6.92 Å². The van der Waals surface area contributed by atoms with Crippen molar-refractivity contribution < 1.29 is 39.4 Å². The summed E-state index contributed by atoms with van der Waals surface area (Å²) in [4.78, 5) is 11.7. The van der Waals surface area contributed by atoms with Crippen molar-refractivity contribution in [1.29, 1.82) is 0 Å². The average molecular weight is 611 g/mol. The molecule has 3 rings (SSSR count). The third-order valence-electron chi connectivity index (χ3n) is 9.63. The van der Waals surface area contributed by atoms with E-state index < -0.39 is 24.4 Å². The Morgan fingerprint density at radius 2 is 1.23 bits per heavy atom. The normalized spacial score (nSPS) is 28.6. The van der Waals surface area contributed by atoms with Crippen LogP contribution in [0.5, 0.6) is 0 Å². The summed E-state index contributed by atoms with van der Waals surface area (Å²) in [6.45, 7) is 4.06. The van der Waals surface area contributed by atoms with Crippen LogP contribution in [0.15, 0.2) is 11.6 Å². The van der Waals surface area contributed by atoms with E-state index in [0.29, 0.717) is 31.3 Å². The Morgan fingerprint density at radius 1 is 0.698 bits per heavy atom. The van der Waals surface area contributed by atoms with Crippen molar-refractivity contribution in [2.24, 2.45) is 0 Å². The molecule has 43 heavy (non-hydrogen) atoms. The minimum Gasteiger partial charge on any atom is -0.455 e. The van der Waals surface area contributed by atoms with Crippen LogP contribution in [0.1, 0.15) is 149 Å². The van der Waals surface area contributed by atoms with E-state index in [1.54, 1.807) is 6.08 Å². The van der Waals surface area contributed by atoms with Crippen molar-refractivity contribution in [2.75, 3.05) is 0 Å². The Labute approximate surface area is 260 Å². The van der Waals surface area contributed by atoms with Crippen molar-refractivity contribution in [3.05, 3.63) is 11.6 Å². The molecular weight excluding hydrogens is 548 g/mol. The van der Waals surface area contributed by atoms with E-state index in [4.69, 9.17) is 14.2 Å². The third kappa shape index (κ3) is 13.5. The number of cyclic esters (lactones) is 1. The number of hydrogen-bond donors (Lipinski definition) is 4. The lowest BCUT2D eigenvalue weighted by atomic mass is 9.98. The Bertz CT molecular complexity index is 803. The SMILES string of the molecule is CCCCCCCCCC[C@@H](O)[C@H]1CC[C@@H]([C@H](O)CC[C@@H](O)[C@@H]2CC[C@H](CCCCC[C@@H](O)CC3=C[C@@H](C)OC3=O)O2)O1. The van der Waals surface area contributed by atoms with Gasteiger partial charge in [0.1, 0.15) is 6.10 Å². The van der Waals surface area contributed by atoms with Gasteiger partial charge in [-0.25, -0.2) is 4.79 Å². The molecule has 0 bridgehead atoms. The van der Waals surface area contributed by atoms with Gasteiger partial charge in [0.15, 0.2) is 0 Å². The van der Waals surface area contributed by atoms with Crippen LogP contribution in [0, 0.1) is 0 Å². The van der Waals surface area contributed by atoms with Gasteiger partial charge in [-0.1, -0.05) is 77.6 Å². The highest BCUT2D eigenvalue weighted by atomic mass is 16.5. The van der Waals surface area contributed by atoms with Crippen LogP contribution in [0.4, 0.5) is 0 Å². The number of aliphatic hydroxyl groups is 4. The van der Waals surface area contributed by atoms with Gasteiger partial charge in [-0.15, -0.1) is 0 Å². The molecule has 0 aromatic rings. The summed E-state index contributed by atoms with van der Waals surface area (Å²) >= 11 is 0. The lowest BCUT2D eigenvalue weighted by Gasteiger charge is -2.24. The second kappa shape index (κ2) is 20.2. The molecule has 3 aliphatic heterocycles.